The van der Waals surface area contributed by atoms with Crippen molar-refractivity contribution >= 4 is 17.6 Å². The molecular weight excluding hydrogens is 389 g/mol. The second kappa shape index (κ2) is 7.86. The van der Waals surface area contributed by atoms with Crippen LogP contribution in [-0.2, 0) is 0 Å². The maximum absolute atomic E-state index is 13.2. The number of hydrogen-bond acceptors (Lipinski definition) is 7. The summed E-state index contributed by atoms with van der Waals surface area (Å²) >= 11 is 0. The number of halogens is 1. The van der Waals surface area contributed by atoms with Crippen LogP contribution < -0.4 is 25.7 Å². The minimum absolute atomic E-state index is 0.260. The number of aromatic nitrogens is 2. The third-order valence-electron chi connectivity index (χ3n) is 4.63. The van der Waals surface area contributed by atoms with E-state index in [2.05, 4.69) is 20.6 Å². The zero-order valence-corrected chi connectivity index (χ0v) is 16.6. The van der Waals surface area contributed by atoms with Gasteiger partial charge in [-0.15, -0.1) is 0 Å². The van der Waals surface area contributed by atoms with Gasteiger partial charge in [-0.2, -0.15) is 0 Å². The molecule has 3 aromatic rings. The largest absolute Gasteiger partial charge is 0.497 e. The molecule has 154 valence electrons. The molecule has 1 aromatic heterocycles. The van der Waals surface area contributed by atoms with E-state index < -0.39 is 6.17 Å². The van der Waals surface area contributed by atoms with Crippen LogP contribution in [0.5, 0.6) is 11.5 Å². The minimum atomic E-state index is -0.755. The number of benzene rings is 2. The lowest BCUT2D eigenvalue weighted by Gasteiger charge is -2.28. The molecule has 0 saturated carbocycles. The summed E-state index contributed by atoms with van der Waals surface area (Å²) < 4.78 is 25.5. The molecule has 4 rings (SSSR count). The number of nitrogens with one attached hydrogen (secondary N) is 2. The van der Waals surface area contributed by atoms with Gasteiger partial charge < -0.3 is 14.8 Å². The minimum Gasteiger partial charge on any atom is -0.497 e. The van der Waals surface area contributed by atoms with E-state index in [4.69, 9.17) is 9.47 Å². The van der Waals surface area contributed by atoms with Crippen LogP contribution in [0.3, 0.4) is 0 Å². The standard InChI is InChI=1S/C21H20FN5O3/c1-12-10-18(28)27-19(16-11-15(29-2)8-9-17(16)30-3)25-20(26-21(27)23-12)24-14-6-4-13(22)5-7-14/h4-11,19H,1-3H3,(H2,23,24,25,26)/t19-/m1/s1. The van der Waals surface area contributed by atoms with Gasteiger partial charge in [-0.3, -0.25) is 14.7 Å². The van der Waals surface area contributed by atoms with Gasteiger partial charge in [-0.05, 0) is 49.4 Å². The molecular formula is C21H20FN5O3. The lowest BCUT2D eigenvalue weighted by Crippen LogP contribution is -2.37. The summed E-state index contributed by atoms with van der Waals surface area (Å²) in [5.74, 6) is 1.49. The van der Waals surface area contributed by atoms with Gasteiger partial charge in [0.2, 0.25) is 11.9 Å². The van der Waals surface area contributed by atoms with Crippen molar-refractivity contribution in [2.45, 2.75) is 13.1 Å². The molecule has 1 aliphatic rings. The highest BCUT2D eigenvalue weighted by Crippen LogP contribution is 2.34. The maximum Gasteiger partial charge on any atom is 0.257 e. The predicted molar refractivity (Wildman–Crippen MR) is 112 cm³/mol. The Hall–Kier alpha value is -3.88. The second-order valence-electron chi connectivity index (χ2n) is 6.65. The molecule has 1 aliphatic heterocycles. The van der Waals surface area contributed by atoms with E-state index >= 15 is 0 Å². The predicted octanol–water partition coefficient (Wildman–Crippen LogP) is 3.15. The average molecular weight is 409 g/mol. The fourth-order valence-corrected chi connectivity index (χ4v) is 3.23. The Morgan fingerprint density at radius 2 is 1.87 bits per heavy atom. The summed E-state index contributed by atoms with van der Waals surface area (Å²) in [5.41, 5.74) is 1.57. The van der Waals surface area contributed by atoms with Crippen LogP contribution >= 0.6 is 0 Å². The summed E-state index contributed by atoms with van der Waals surface area (Å²) in [6, 6.07) is 12.6. The molecule has 0 spiro atoms. The van der Waals surface area contributed by atoms with Crippen molar-refractivity contribution < 1.29 is 13.9 Å². The van der Waals surface area contributed by atoms with Crippen molar-refractivity contribution in [2.75, 3.05) is 24.9 Å². The number of aryl methyl sites for hydroxylation is 1. The Labute approximate surface area is 172 Å². The van der Waals surface area contributed by atoms with Crippen LogP contribution in [0.1, 0.15) is 17.4 Å². The number of methoxy groups -OCH3 is 2. The summed E-state index contributed by atoms with van der Waals surface area (Å²) in [7, 11) is 3.11. The summed E-state index contributed by atoms with van der Waals surface area (Å²) in [5, 5.41) is 6.13. The molecule has 0 radical (unpaired) electrons. The van der Waals surface area contributed by atoms with Crippen LogP contribution in [0.15, 0.2) is 58.3 Å². The van der Waals surface area contributed by atoms with Crippen molar-refractivity contribution in [3.63, 3.8) is 0 Å². The smallest absolute Gasteiger partial charge is 0.257 e. The third-order valence-corrected chi connectivity index (χ3v) is 4.63. The van der Waals surface area contributed by atoms with Crippen LogP contribution in [0, 0.1) is 12.7 Å². The van der Waals surface area contributed by atoms with Gasteiger partial charge >= 0.3 is 0 Å². The molecule has 2 aromatic carbocycles. The second-order valence-corrected chi connectivity index (χ2v) is 6.65. The molecule has 0 saturated heterocycles. The van der Waals surface area contributed by atoms with Crippen LogP contribution in [-0.4, -0.2) is 29.7 Å². The van der Waals surface area contributed by atoms with Gasteiger partial charge in [0, 0.05) is 23.0 Å². The summed E-state index contributed by atoms with van der Waals surface area (Å²) in [6.45, 7) is 1.74. The first-order valence-corrected chi connectivity index (χ1v) is 9.18. The molecule has 30 heavy (non-hydrogen) atoms. The Morgan fingerprint density at radius 1 is 1.10 bits per heavy atom. The van der Waals surface area contributed by atoms with E-state index in [1.165, 1.54) is 22.8 Å². The highest BCUT2D eigenvalue weighted by atomic mass is 19.1. The molecule has 0 unspecified atom stereocenters. The fraction of sp³-hybridized carbons (Fsp3) is 0.190. The number of fused-ring (bicyclic) bond motifs is 1. The number of guanidine groups is 1. The van der Waals surface area contributed by atoms with Crippen molar-refractivity contribution in [1.29, 1.82) is 0 Å². The maximum atomic E-state index is 13.2. The Balaban J connectivity index is 1.85. The first-order chi connectivity index (χ1) is 14.5. The van der Waals surface area contributed by atoms with Gasteiger partial charge in [0.25, 0.3) is 5.56 Å². The van der Waals surface area contributed by atoms with E-state index in [-0.39, 0.29) is 11.4 Å². The van der Waals surface area contributed by atoms with Crippen LogP contribution in [0.25, 0.3) is 0 Å². The third kappa shape index (κ3) is 3.69. The lowest BCUT2D eigenvalue weighted by molar-refractivity contribution is 0.391. The molecule has 2 N–H and O–H groups in total. The highest BCUT2D eigenvalue weighted by molar-refractivity contribution is 6.03. The molecule has 0 bridgehead atoms. The highest BCUT2D eigenvalue weighted by Gasteiger charge is 2.28. The molecule has 0 fully saturated rings. The number of anilines is 2. The number of nitrogens with zero attached hydrogens (tertiary/aromatic N) is 3. The van der Waals surface area contributed by atoms with Crippen molar-refractivity contribution in [3.05, 3.63) is 76.0 Å². The fourth-order valence-electron chi connectivity index (χ4n) is 3.23. The zero-order chi connectivity index (χ0) is 21.3. The number of hydrogen-bond donors (Lipinski definition) is 2. The number of rotatable bonds is 4. The normalized spacial score (nSPS) is 14.9. The van der Waals surface area contributed by atoms with Gasteiger partial charge in [0.1, 0.15) is 17.3 Å². The van der Waals surface area contributed by atoms with E-state index in [1.54, 1.807) is 51.5 Å². The average Bonchev–Trinajstić information content (AvgIpc) is 2.74. The van der Waals surface area contributed by atoms with E-state index in [9.17, 15) is 9.18 Å². The Morgan fingerprint density at radius 3 is 2.57 bits per heavy atom. The lowest BCUT2D eigenvalue weighted by atomic mass is 10.1. The van der Waals surface area contributed by atoms with E-state index in [1.807, 2.05) is 0 Å². The molecule has 2 heterocycles. The number of aliphatic imine (C=N–C) groups is 1. The van der Waals surface area contributed by atoms with Crippen molar-refractivity contribution in [3.8, 4) is 11.5 Å². The SMILES string of the molecule is COc1ccc(OC)c([C@@H]2N=C(Nc3ccc(F)cc3)Nc3nc(C)cc(=O)n32)c1. The Bertz CT molecular complexity index is 1170. The summed E-state index contributed by atoms with van der Waals surface area (Å²) in [4.78, 5) is 21.9. The molecule has 8 nitrogen and oxygen atoms in total. The van der Waals surface area contributed by atoms with Gasteiger partial charge in [0.15, 0.2) is 6.17 Å². The van der Waals surface area contributed by atoms with Gasteiger partial charge in [-0.1, -0.05) is 0 Å². The van der Waals surface area contributed by atoms with E-state index in [0.29, 0.717) is 40.4 Å². The van der Waals surface area contributed by atoms with Crippen molar-refractivity contribution in [2.24, 2.45) is 4.99 Å². The molecule has 0 aliphatic carbocycles. The monoisotopic (exact) mass is 409 g/mol. The first-order valence-electron chi connectivity index (χ1n) is 9.18. The summed E-state index contributed by atoms with van der Waals surface area (Å²) in [6.07, 6.45) is -0.755. The first kappa shape index (κ1) is 19.4. The van der Waals surface area contributed by atoms with Crippen LogP contribution in [0.4, 0.5) is 16.0 Å². The van der Waals surface area contributed by atoms with Gasteiger partial charge in [-0.25, -0.2) is 14.4 Å². The Kier molecular flexibility index (Phi) is 5.09. The zero-order valence-electron chi connectivity index (χ0n) is 16.6. The van der Waals surface area contributed by atoms with Crippen LogP contribution in [0.2, 0.25) is 0 Å². The van der Waals surface area contributed by atoms with E-state index in [0.717, 1.165) is 0 Å². The molecule has 1 atom stereocenters. The quantitative estimate of drug-likeness (QED) is 0.688. The topological polar surface area (TPSA) is 89.8 Å². The van der Waals surface area contributed by atoms with Crippen molar-refractivity contribution in [1.82, 2.24) is 9.55 Å². The molecule has 9 heteroatoms. The number of ether oxygens (including phenoxy) is 2. The molecule has 0 amide bonds. The van der Waals surface area contributed by atoms with Gasteiger partial charge in [0.05, 0.1) is 14.2 Å².